The molecule has 234 valence electrons. The van der Waals surface area contributed by atoms with Gasteiger partial charge in [-0.3, -0.25) is 4.79 Å². The summed E-state index contributed by atoms with van der Waals surface area (Å²) >= 11 is 6.19. The number of anilines is 1. The van der Waals surface area contributed by atoms with E-state index in [4.69, 9.17) is 21.1 Å². The summed E-state index contributed by atoms with van der Waals surface area (Å²) in [6, 6.07) is 20.7. The summed E-state index contributed by atoms with van der Waals surface area (Å²) in [5, 5.41) is 17.3. The predicted octanol–water partition coefficient (Wildman–Crippen LogP) is 6.95. The number of amides is 1. The van der Waals surface area contributed by atoms with E-state index in [2.05, 4.69) is 41.7 Å². The molecule has 7 nitrogen and oxygen atoms in total. The van der Waals surface area contributed by atoms with Crippen LogP contribution in [-0.4, -0.2) is 66.4 Å². The SMILES string of the molecule is Cc1ccc(NCCCCO[C@@H](C(=O)N(C)CCCCCc2ccc3ccccc3c2)[C@@H](O)C(=O)OC(C)(C)C)cc1Cl. The minimum atomic E-state index is -1.71. The first-order valence-corrected chi connectivity index (χ1v) is 15.6. The fraction of sp³-hybridized carbons (Fsp3) is 0.486. The topological polar surface area (TPSA) is 88.1 Å². The van der Waals surface area contributed by atoms with Gasteiger partial charge in [-0.2, -0.15) is 0 Å². The van der Waals surface area contributed by atoms with E-state index in [1.807, 2.05) is 31.2 Å². The van der Waals surface area contributed by atoms with Crippen LogP contribution in [0.4, 0.5) is 5.69 Å². The molecular formula is C35H47ClN2O5. The lowest BCUT2D eigenvalue weighted by Crippen LogP contribution is -2.50. The molecule has 2 atom stereocenters. The standard InChI is InChI=1S/C35H47ClN2O5/c1-25-16-19-29(24-30(25)36)37-20-10-12-22-42-32(31(39)34(41)43-35(2,3)4)33(40)38(5)21-11-6-7-13-26-17-18-27-14-8-9-15-28(27)23-26/h8-9,14-19,23-24,31-32,37,39H,6-7,10-13,20-22H2,1-5H3/t31-,32-/m1/s1. The normalized spacial score (nSPS) is 13.0. The number of rotatable bonds is 16. The highest BCUT2D eigenvalue weighted by Gasteiger charge is 2.37. The molecule has 0 saturated carbocycles. The fourth-order valence-corrected chi connectivity index (χ4v) is 4.91. The first kappa shape index (κ1) is 34.4. The van der Waals surface area contributed by atoms with Crippen LogP contribution in [0.3, 0.4) is 0 Å². The number of unbranched alkanes of at least 4 members (excludes halogenated alkanes) is 3. The second kappa shape index (κ2) is 16.6. The highest BCUT2D eigenvalue weighted by Crippen LogP contribution is 2.20. The third kappa shape index (κ3) is 11.5. The Morgan fingerprint density at radius 1 is 0.953 bits per heavy atom. The van der Waals surface area contributed by atoms with Gasteiger partial charge in [0, 0.05) is 37.5 Å². The average molecular weight is 611 g/mol. The van der Waals surface area contributed by atoms with Crippen molar-refractivity contribution in [3.05, 3.63) is 76.8 Å². The molecule has 0 aliphatic heterocycles. The second-order valence-corrected chi connectivity index (χ2v) is 12.5. The van der Waals surface area contributed by atoms with E-state index in [1.165, 1.54) is 21.2 Å². The van der Waals surface area contributed by atoms with Gasteiger partial charge >= 0.3 is 5.97 Å². The van der Waals surface area contributed by atoms with Crippen LogP contribution < -0.4 is 5.32 Å². The first-order valence-electron chi connectivity index (χ1n) is 15.2. The van der Waals surface area contributed by atoms with Gasteiger partial charge in [-0.05, 0) is 93.8 Å². The summed E-state index contributed by atoms with van der Waals surface area (Å²) in [7, 11) is 1.68. The highest BCUT2D eigenvalue weighted by atomic mass is 35.5. The molecule has 1 amide bonds. The zero-order chi connectivity index (χ0) is 31.4. The summed E-state index contributed by atoms with van der Waals surface area (Å²) < 4.78 is 11.2. The minimum Gasteiger partial charge on any atom is -0.458 e. The van der Waals surface area contributed by atoms with Crippen molar-refractivity contribution >= 4 is 39.9 Å². The van der Waals surface area contributed by atoms with Crippen molar-refractivity contribution in [1.29, 1.82) is 0 Å². The molecule has 43 heavy (non-hydrogen) atoms. The summed E-state index contributed by atoms with van der Waals surface area (Å²) in [6.45, 7) is 8.51. The largest absolute Gasteiger partial charge is 0.458 e. The molecule has 2 N–H and O–H groups in total. The molecule has 3 rings (SSSR count). The van der Waals surface area contributed by atoms with Gasteiger partial charge in [-0.25, -0.2) is 4.79 Å². The van der Waals surface area contributed by atoms with E-state index in [9.17, 15) is 14.7 Å². The van der Waals surface area contributed by atoms with E-state index < -0.39 is 29.7 Å². The Hall–Kier alpha value is -3.13. The maximum Gasteiger partial charge on any atom is 0.338 e. The van der Waals surface area contributed by atoms with E-state index in [0.29, 0.717) is 24.5 Å². The van der Waals surface area contributed by atoms with Crippen molar-refractivity contribution in [3.8, 4) is 0 Å². The molecule has 0 spiro atoms. The van der Waals surface area contributed by atoms with Crippen LogP contribution in [0.5, 0.6) is 0 Å². The van der Waals surface area contributed by atoms with Gasteiger partial charge in [-0.15, -0.1) is 0 Å². The molecule has 0 aliphatic carbocycles. The molecule has 0 unspecified atom stereocenters. The Balaban J connectivity index is 1.46. The highest BCUT2D eigenvalue weighted by molar-refractivity contribution is 6.31. The number of hydrogen-bond acceptors (Lipinski definition) is 6. The Kier molecular flexibility index (Phi) is 13.3. The molecule has 0 fully saturated rings. The van der Waals surface area contributed by atoms with Gasteiger partial charge in [0.1, 0.15) is 5.60 Å². The van der Waals surface area contributed by atoms with Crippen LogP contribution in [0.2, 0.25) is 5.02 Å². The molecule has 0 radical (unpaired) electrons. The van der Waals surface area contributed by atoms with E-state index >= 15 is 0 Å². The van der Waals surface area contributed by atoms with Crippen molar-refractivity contribution < 1.29 is 24.2 Å². The number of aliphatic hydroxyl groups excluding tert-OH is 1. The number of benzene rings is 3. The van der Waals surface area contributed by atoms with Crippen molar-refractivity contribution in [2.45, 2.75) is 84.0 Å². The van der Waals surface area contributed by atoms with Crippen molar-refractivity contribution in [1.82, 2.24) is 4.90 Å². The number of nitrogens with one attached hydrogen (secondary N) is 1. The number of halogens is 1. The summed E-state index contributed by atoms with van der Waals surface area (Å²) in [6.07, 6.45) is 2.08. The van der Waals surface area contributed by atoms with Gasteiger partial charge in [-0.1, -0.05) is 66.6 Å². The number of carbonyl (C=O) groups excluding carboxylic acids is 2. The van der Waals surface area contributed by atoms with Gasteiger partial charge in [0.25, 0.3) is 5.91 Å². The lowest BCUT2D eigenvalue weighted by molar-refractivity contribution is -0.179. The van der Waals surface area contributed by atoms with Gasteiger partial charge in [0.15, 0.2) is 12.2 Å². The van der Waals surface area contributed by atoms with Gasteiger partial charge < -0.3 is 24.8 Å². The van der Waals surface area contributed by atoms with E-state index in [1.54, 1.807) is 27.8 Å². The molecule has 3 aromatic rings. The lowest BCUT2D eigenvalue weighted by Gasteiger charge is -2.28. The maximum absolute atomic E-state index is 13.3. The van der Waals surface area contributed by atoms with Crippen LogP contribution in [0, 0.1) is 6.92 Å². The third-order valence-electron chi connectivity index (χ3n) is 7.20. The zero-order valence-electron chi connectivity index (χ0n) is 26.2. The quantitative estimate of drug-likeness (QED) is 0.135. The minimum absolute atomic E-state index is 0.214. The van der Waals surface area contributed by atoms with Crippen LogP contribution in [0.15, 0.2) is 60.7 Å². The summed E-state index contributed by atoms with van der Waals surface area (Å²) in [5.74, 6) is -1.30. The number of fused-ring (bicyclic) bond motifs is 1. The zero-order valence-corrected chi connectivity index (χ0v) is 27.0. The number of esters is 1. The number of carbonyl (C=O) groups is 2. The summed E-state index contributed by atoms with van der Waals surface area (Å²) in [5.41, 5.74) is 2.46. The Morgan fingerprint density at radius 2 is 1.70 bits per heavy atom. The van der Waals surface area contributed by atoms with Crippen LogP contribution >= 0.6 is 11.6 Å². The smallest absolute Gasteiger partial charge is 0.338 e. The molecule has 0 bridgehead atoms. The number of likely N-dealkylation sites (N-methyl/N-ethyl adjacent to an activating group) is 1. The third-order valence-corrected chi connectivity index (χ3v) is 7.60. The maximum atomic E-state index is 13.3. The second-order valence-electron chi connectivity index (χ2n) is 12.1. The van der Waals surface area contributed by atoms with Crippen molar-refractivity contribution in [2.24, 2.45) is 0 Å². The molecule has 0 heterocycles. The van der Waals surface area contributed by atoms with Crippen molar-refractivity contribution in [3.63, 3.8) is 0 Å². The van der Waals surface area contributed by atoms with Gasteiger partial charge in [0.05, 0.1) is 0 Å². The summed E-state index contributed by atoms with van der Waals surface area (Å²) in [4.78, 5) is 27.5. The lowest BCUT2D eigenvalue weighted by atomic mass is 10.0. The molecule has 0 aliphatic rings. The molecule has 3 aromatic carbocycles. The fourth-order valence-electron chi connectivity index (χ4n) is 4.73. The van der Waals surface area contributed by atoms with E-state index in [0.717, 1.165) is 43.4 Å². The number of ether oxygens (including phenoxy) is 2. The number of aliphatic hydroxyl groups is 1. The van der Waals surface area contributed by atoms with Crippen molar-refractivity contribution in [2.75, 3.05) is 32.1 Å². The molecule has 0 saturated heterocycles. The Labute approximate surface area is 261 Å². The van der Waals surface area contributed by atoms with E-state index in [-0.39, 0.29) is 6.61 Å². The van der Waals surface area contributed by atoms with Crippen LogP contribution in [0.1, 0.15) is 64.0 Å². The van der Waals surface area contributed by atoms with Crippen LogP contribution in [-0.2, 0) is 25.5 Å². The number of hydrogen-bond donors (Lipinski definition) is 2. The predicted molar refractivity (Wildman–Crippen MR) is 175 cm³/mol. The molecule has 8 heteroatoms. The Morgan fingerprint density at radius 3 is 2.42 bits per heavy atom. The average Bonchev–Trinajstić information content (AvgIpc) is 2.96. The van der Waals surface area contributed by atoms with Crippen LogP contribution in [0.25, 0.3) is 10.8 Å². The number of nitrogens with zero attached hydrogens (tertiary/aromatic N) is 1. The molecular weight excluding hydrogens is 564 g/mol. The number of aryl methyl sites for hydroxylation is 2. The molecule has 0 aromatic heterocycles. The first-order chi connectivity index (χ1) is 20.4. The monoisotopic (exact) mass is 610 g/mol. The Bertz CT molecular complexity index is 1340. The van der Waals surface area contributed by atoms with Gasteiger partial charge in [0.2, 0.25) is 0 Å².